The summed E-state index contributed by atoms with van der Waals surface area (Å²) in [5, 5.41) is 3.66. The van der Waals surface area contributed by atoms with Crippen LogP contribution in [-0.2, 0) is 6.54 Å². The monoisotopic (exact) mass is 371 g/mol. The molecule has 0 bridgehead atoms. The van der Waals surface area contributed by atoms with E-state index in [2.05, 4.69) is 15.3 Å². The van der Waals surface area contributed by atoms with Gasteiger partial charge in [0.25, 0.3) is 5.91 Å². The Morgan fingerprint density at radius 1 is 1.07 bits per heavy atom. The van der Waals surface area contributed by atoms with Gasteiger partial charge in [-0.25, -0.2) is 9.37 Å². The van der Waals surface area contributed by atoms with Gasteiger partial charge in [-0.1, -0.05) is 29.8 Å². The van der Waals surface area contributed by atoms with Crippen molar-refractivity contribution in [2.24, 2.45) is 0 Å². The second-order valence-corrected chi connectivity index (χ2v) is 6.60. The van der Waals surface area contributed by atoms with Crippen molar-refractivity contribution < 1.29 is 9.18 Å². The zero-order valence-electron chi connectivity index (χ0n) is 15.3. The van der Waals surface area contributed by atoms with Crippen LogP contribution in [0.2, 0.25) is 0 Å². The number of carbonyl (C=O) groups excluding carboxylic acids is 1. The molecule has 0 atom stereocenters. The highest BCUT2D eigenvalue weighted by atomic mass is 19.1. The van der Waals surface area contributed by atoms with E-state index in [0.29, 0.717) is 28.9 Å². The highest BCUT2D eigenvalue weighted by Crippen LogP contribution is 2.27. The second-order valence-electron chi connectivity index (χ2n) is 6.60. The Morgan fingerprint density at radius 2 is 1.93 bits per heavy atom. The number of nitrogens with zero attached hydrogens (tertiary/aromatic N) is 2. The van der Waals surface area contributed by atoms with Gasteiger partial charge >= 0.3 is 0 Å². The van der Waals surface area contributed by atoms with E-state index in [4.69, 9.17) is 0 Å². The first kappa shape index (κ1) is 17.8. The lowest BCUT2D eigenvalue weighted by Crippen LogP contribution is -2.23. The summed E-state index contributed by atoms with van der Waals surface area (Å²) in [7, 11) is 0. The minimum atomic E-state index is -0.372. The van der Waals surface area contributed by atoms with Crippen molar-refractivity contribution in [3.8, 4) is 11.3 Å². The van der Waals surface area contributed by atoms with E-state index in [1.54, 1.807) is 36.7 Å². The molecule has 1 amide bonds. The predicted molar refractivity (Wildman–Crippen MR) is 107 cm³/mol. The summed E-state index contributed by atoms with van der Waals surface area (Å²) in [6.07, 6.45) is 3.39. The van der Waals surface area contributed by atoms with Crippen molar-refractivity contribution >= 4 is 16.8 Å². The van der Waals surface area contributed by atoms with Crippen LogP contribution in [0.5, 0.6) is 0 Å². The minimum absolute atomic E-state index is 0.237. The smallest absolute Gasteiger partial charge is 0.252 e. The van der Waals surface area contributed by atoms with Gasteiger partial charge in [-0.3, -0.25) is 9.78 Å². The van der Waals surface area contributed by atoms with Crippen LogP contribution in [0, 0.1) is 12.7 Å². The van der Waals surface area contributed by atoms with E-state index in [1.165, 1.54) is 6.07 Å². The Morgan fingerprint density at radius 3 is 2.71 bits per heavy atom. The number of fused-ring (bicyclic) bond motifs is 1. The molecule has 4 rings (SSSR count). The number of rotatable bonds is 4. The van der Waals surface area contributed by atoms with Crippen LogP contribution in [0.3, 0.4) is 0 Å². The van der Waals surface area contributed by atoms with Crippen molar-refractivity contribution in [1.29, 1.82) is 0 Å². The second kappa shape index (κ2) is 7.56. The molecule has 0 aliphatic heterocycles. The molecular formula is C23H18FN3O. The van der Waals surface area contributed by atoms with Crippen LogP contribution in [0.15, 0.2) is 73.1 Å². The molecule has 138 valence electrons. The van der Waals surface area contributed by atoms with Gasteiger partial charge in [0, 0.05) is 29.9 Å². The average molecular weight is 371 g/mol. The standard InChI is InChI=1S/C23H18FN3O/c1-15-8-9-21-18(11-15)19(23(28)26-14-16-5-4-10-25-13-16)12-22(27-21)17-6-2-3-7-20(17)24/h2-13H,14H2,1H3,(H,26,28). The molecule has 1 N–H and O–H groups in total. The Balaban J connectivity index is 1.77. The lowest BCUT2D eigenvalue weighted by atomic mass is 10.0. The molecule has 0 aliphatic rings. The largest absolute Gasteiger partial charge is 0.348 e. The lowest BCUT2D eigenvalue weighted by Gasteiger charge is -2.12. The normalized spacial score (nSPS) is 10.8. The van der Waals surface area contributed by atoms with Crippen LogP contribution >= 0.6 is 0 Å². The van der Waals surface area contributed by atoms with Gasteiger partial charge in [0.1, 0.15) is 5.82 Å². The third kappa shape index (κ3) is 3.60. The lowest BCUT2D eigenvalue weighted by molar-refractivity contribution is 0.0952. The molecule has 0 unspecified atom stereocenters. The number of hydrogen-bond donors (Lipinski definition) is 1. The number of halogens is 1. The Kier molecular flexibility index (Phi) is 4.81. The first-order chi connectivity index (χ1) is 13.6. The number of aromatic nitrogens is 2. The van der Waals surface area contributed by atoms with E-state index in [9.17, 15) is 9.18 Å². The third-order valence-corrected chi connectivity index (χ3v) is 4.53. The van der Waals surface area contributed by atoms with E-state index in [0.717, 1.165) is 16.5 Å². The molecule has 0 radical (unpaired) electrons. The summed E-state index contributed by atoms with van der Waals surface area (Å²) in [6.45, 7) is 2.32. The maximum Gasteiger partial charge on any atom is 0.252 e. The first-order valence-electron chi connectivity index (χ1n) is 8.95. The van der Waals surface area contributed by atoms with Gasteiger partial charge in [0.05, 0.1) is 16.8 Å². The number of carbonyl (C=O) groups is 1. The molecule has 4 aromatic rings. The zero-order chi connectivity index (χ0) is 19.5. The van der Waals surface area contributed by atoms with Crippen molar-refractivity contribution in [1.82, 2.24) is 15.3 Å². The molecular weight excluding hydrogens is 353 g/mol. The summed E-state index contributed by atoms with van der Waals surface area (Å²) >= 11 is 0. The summed E-state index contributed by atoms with van der Waals surface area (Å²) in [5.41, 5.74) is 3.84. The average Bonchev–Trinajstić information content (AvgIpc) is 2.72. The van der Waals surface area contributed by atoms with Crippen LogP contribution in [0.1, 0.15) is 21.5 Å². The minimum Gasteiger partial charge on any atom is -0.348 e. The molecule has 0 fully saturated rings. The fraction of sp³-hybridized carbons (Fsp3) is 0.0870. The Labute approximate surface area is 162 Å². The quantitative estimate of drug-likeness (QED) is 0.567. The van der Waals surface area contributed by atoms with Crippen molar-refractivity contribution in [2.75, 3.05) is 0 Å². The fourth-order valence-corrected chi connectivity index (χ4v) is 3.11. The maximum atomic E-state index is 14.3. The van der Waals surface area contributed by atoms with Gasteiger partial charge in [-0.05, 0) is 48.9 Å². The molecule has 0 saturated heterocycles. The molecule has 0 spiro atoms. The van der Waals surface area contributed by atoms with Crippen molar-refractivity contribution in [2.45, 2.75) is 13.5 Å². The van der Waals surface area contributed by atoms with Crippen molar-refractivity contribution in [3.63, 3.8) is 0 Å². The Bertz CT molecular complexity index is 1160. The fourth-order valence-electron chi connectivity index (χ4n) is 3.11. The third-order valence-electron chi connectivity index (χ3n) is 4.53. The number of hydrogen-bond acceptors (Lipinski definition) is 3. The van der Waals surface area contributed by atoms with E-state index >= 15 is 0 Å². The van der Waals surface area contributed by atoms with Gasteiger partial charge in [-0.15, -0.1) is 0 Å². The molecule has 2 aromatic heterocycles. The predicted octanol–water partition coefficient (Wildman–Crippen LogP) is 4.67. The highest BCUT2D eigenvalue weighted by molar-refractivity contribution is 6.07. The number of benzene rings is 2. The van der Waals surface area contributed by atoms with Crippen LogP contribution in [0.25, 0.3) is 22.2 Å². The van der Waals surface area contributed by atoms with E-state index < -0.39 is 0 Å². The van der Waals surface area contributed by atoms with E-state index in [-0.39, 0.29) is 11.7 Å². The van der Waals surface area contributed by atoms with Crippen LogP contribution in [-0.4, -0.2) is 15.9 Å². The van der Waals surface area contributed by atoms with Crippen LogP contribution in [0.4, 0.5) is 4.39 Å². The van der Waals surface area contributed by atoms with Crippen LogP contribution < -0.4 is 5.32 Å². The molecule has 28 heavy (non-hydrogen) atoms. The molecule has 2 heterocycles. The molecule has 0 aliphatic carbocycles. The SMILES string of the molecule is Cc1ccc2nc(-c3ccccc3F)cc(C(=O)NCc3cccnc3)c2c1. The molecule has 2 aromatic carbocycles. The van der Waals surface area contributed by atoms with Crippen molar-refractivity contribution in [3.05, 3.63) is 95.6 Å². The topological polar surface area (TPSA) is 54.9 Å². The summed E-state index contributed by atoms with van der Waals surface area (Å²) in [5.74, 6) is -0.609. The van der Waals surface area contributed by atoms with Gasteiger partial charge in [0.15, 0.2) is 0 Å². The number of aryl methyl sites for hydroxylation is 1. The summed E-state index contributed by atoms with van der Waals surface area (Å²) in [6, 6.07) is 17.5. The number of nitrogens with one attached hydrogen (secondary N) is 1. The number of pyridine rings is 2. The molecule has 5 heteroatoms. The molecule has 0 saturated carbocycles. The Hall–Kier alpha value is -3.60. The maximum absolute atomic E-state index is 14.3. The zero-order valence-corrected chi connectivity index (χ0v) is 15.3. The summed E-state index contributed by atoms with van der Waals surface area (Å²) < 4.78 is 14.3. The van der Waals surface area contributed by atoms with Gasteiger partial charge in [-0.2, -0.15) is 0 Å². The summed E-state index contributed by atoms with van der Waals surface area (Å²) in [4.78, 5) is 21.6. The number of amides is 1. The highest BCUT2D eigenvalue weighted by Gasteiger charge is 2.16. The molecule has 4 nitrogen and oxygen atoms in total. The van der Waals surface area contributed by atoms with E-state index in [1.807, 2.05) is 37.3 Å². The van der Waals surface area contributed by atoms with Gasteiger partial charge in [0.2, 0.25) is 0 Å². The first-order valence-corrected chi connectivity index (χ1v) is 8.95. The van der Waals surface area contributed by atoms with Gasteiger partial charge < -0.3 is 5.32 Å².